The highest BCUT2D eigenvalue weighted by molar-refractivity contribution is 9.10. The maximum Gasteiger partial charge on any atom is 0.239 e. The lowest BCUT2D eigenvalue weighted by Gasteiger charge is -2.09. The van der Waals surface area contributed by atoms with Crippen LogP contribution in [-0.2, 0) is 4.79 Å². The van der Waals surface area contributed by atoms with Crippen molar-refractivity contribution in [3.8, 4) is 0 Å². The van der Waals surface area contributed by atoms with E-state index in [9.17, 15) is 4.79 Å². The van der Waals surface area contributed by atoms with Crippen molar-refractivity contribution in [2.24, 2.45) is 0 Å². The first-order valence-corrected chi connectivity index (χ1v) is 5.48. The van der Waals surface area contributed by atoms with E-state index in [1.54, 1.807) is 6.07 Å². The summed E-state index contributed by atoms with van der Waals surface area (Å²) in [5, 5.41) is 5.67. The molecule has 0 spiro atoms. The molecule has 4 nitrogen and oxygen atoms in total. The molecule has 0 aliphatic rings. The van der Waals surface area contributed by atoms with Crippen molar-refractivity contribution in [1.82, 2.24) is 5.32 Å². The summed E-state index contributed by atoms with van der Waals surface area (Å²) in [6, 6.07) is 5.48. The predicted molar refractivity (Wildman–Crippen MR) is 65.7 cm³/mol. The Hall–Kier alpha value is -1.23. The lowest BCUT2D eigenvalue weighted by molar-refractivity contribution is -0.119. The molecule has 0 fully saturated rings. The summed E-state index contributed by atoms with van der Waals surface area (Å²) in [5.74, 6) is -0.0446. The van der Waals surface area contributed by atoms with Crippen LogP contribution in [0.15, 0.2) is 22.7 Å². The lowest BCUT2D eigenvalue weighted by atomic mass is 10.2. The third-order valence-corrected chi connectivity index (χ3v) is 2.32. The number of rotatable bonds is 4. The molecule has 1 rings (SSSR count). The number of carbonyl (C=O) groups is 1. The summed E-state index contributed by atoms with van der Waals surface area (Å²) in [6.45, 7) is 2.74. The van der Waals surface area contributed by atoms with Gasteiger partial charge < -0.3 is 16.4 Å². The molecule has 0 radical (unpaired) electrons. The zero-order valence-electron chi connectivity index (χ0n) is 8.51. The Balaban J connectivity index is 2.57. The second kappa shape index (κ2) is 5.60. The Morgan fingerprint density at radius 1 is 1.53 bits per heavy atom. The van der Waals surface area contributed by atoms with Gasteiger partial charge in [-0.15, -0.1) is 0 Å². The van der Waals surface area contributed by atoms with Crippen LogP contribution in [-0.4, -0.2) is 19.0 Å². The second-order valence-electron chi connectivity index (χ2n) is 3.04. The standard InChI is InChI=1S/C10H14BrN3O/c1-2-13-10(15)6-14-9-5-7(11)3-4-8(9)12/h3-5,14H,2,6,12H2,1H3,(H,13,15). The normalized spacial score (nSPS) is 9.73. The highest BCUT2D eigenvalue weighted by Gasteiger charge is 2.02. The predicted octanol–water partition coefficient (Wildman–Crippen LogP) is 1.58. The Labute approximate surface area is 97.4 Å². The second-order valence-corrected chi connectivity index (χ2v) is 3.95. The molecule has 1 aromatic rings. The Morgan fingerprint density at radius 3 is 2.93 bits per heavy atom. The minimum absolute atomic E-state index is 0.0446. The highest BCUT2D eigenvalue weighted by atomic mass is 79.9. The van der Waals surface area contributed by atoms with Crippen molar-refractivity contribution in [2.75, 3.05) is 24.1 Å². The van der Waals surface area contributed by atoms with Gasteiger partial charge in [0.2, 0.25) is 5.91 Å². The minimum Gasteiger partial charge on any atom is -0.397 e. The van der Waals surface area contributed by atoms with E-state index < -0.39 is 0 Å². The van der Waals surface area contributed by atoms with Crippen LogP contribution in [0.25, 0.3) is 0 Å². The molecule has 1 amide bonds. The van der Waals surface area contributed by atoms with E-state index in [0.29, 0.717) is 12.2 Å². The van der Waals surface area contributed by atoms with Crippen molar-refractivity contribution >= 4 is 33.2 Å². The molecule has 0 heterocycles. The van der Waals surface area contributed by atoms with Crippen LogP contribution in [0.3, 0.4) is 0 Å². The van der Waals surface area contributed by atoms with Crippen molar-refractivity contribution < 1.29 is 4.79 Å². The van der Waals surface area contributed by atoms with Crippen molar-refractivity contribution in [2.45, 2.75) is 6.92 Å². The molecule has 0 saturated heterocycles. The molecule has 82 valence electrons. The van der Waals surface area contributed by atoms with Crippen LogP contribution in [0.4, 0.5) is 11.4 Å². The van der Waals surface area contributed by atoms with Crippen LogP contribution < -0.4 is 16.4 Å². The largest absolute Gasteiger partial charge is 0.397 e. The van der Waals surface area contributed by atoms with Crippen LogP contribution in [0, 0.1) is 0 Å². The number of hydrogen-bond acceptors (Lipinski definition) is 3. The summed E-state index contributed by atoms with van der Waals surface area (Å²) in [4.78, 5) is 11.2. The monoisotopic (exact) mass is 271 g/mol. The molecule has 0 unspecified atom stereocenters. The number of carbonyl (C=O) groups excluding carboxylic acids is 1. The smallest absolute Gasteiger partial charge is 0.239 e. The van der Waals surface area contributed by atoms with Gasteiger partial charge in [-0.05, 0) is 25.1 Å². The lowest BCUT2D eigenvalue weighted by Crippen LogP contribution is -2.29. The van der Waals surface area contributed by atoms with Crippen molar-refractivity contribution in [1.29, 1.82) is 0 Å². The fourth-order valence-electron chi connectivity index (χ4n) is 1.12. The molecule has 1 aromatic carbocycles. The van der Waals surface area contributed by atoms with Gasteiger partial charge in [0, 0.05) is 11.0 Å². The number of likely N-dealkylation sites (N-methyl/N-ethyl adjacent to an activating group) is 1. The number of benzene rings is 1. The van der Waals surface area contributed by atoms with Gasteiger partial charge in [0.1, 0.15) is 0 Å². The maximum atomic E-state index is 11.2. The summed E-state index contributed by atoms with van der Waals surface area (Å²) >= 11 is 3.34. The van der Waals surface area contributed by atoms with Crippen LogP contribution in [0.2, 0.25) is 0 Å². The van der Waals surface area contributed by atoms with Crippen LogP contribution in [0.1, 0.15) is 6.92 Å². The zero-order chi connectivity index (χ0) is 11.3. The van der Waals surface area contributed by atoms with E-state index in [1.807, 2.05) is 19.1 Å². The fraction of sp³-hybridized carbons (Fsp3) is 0.300. The van der Waals surface area contributed by atoms with Crippen LogP contribution in [0.5, 0.6) is 0 Å². The number of nitrogens with one attached hydrogen (secondary N) is 2. The summed E-state index contributed by atoms with van der Waals surface area (Å²) in [6.07, 6.45) is 0. The zero-order valence-corrected chi connectivity index (χ0v) is 10.1. The van der Waals surface area contributed by atoms with E-state index in [4.69, 9.17) is 5.73 Å². The number of amides is 1. The first kappa shape index (κ1) is 11.8. The topological polar surface area (TPSA) is 67.2 Å². The summed E-state index contributed by atoms with van der Waals surface area (Å²) in [5.41, 5.74) is 7.12. The highest BCUT2D eigenvalue weighted by Crippen LogP contribution is 2.22. The molecule has 5 heteroatoms. The first-order valence-electron chi connectivity index (χ1n) is 4.69. The molecule has 0 bridgehead atoms. The maximum absolute atomic E-state index is 11.2. The molecule has 0 saturated carbocycles. The molecule has 0 aromatic heterocycles. The third-order valence-electron chi connectivity index (χ3n) is 1.83. The van der Waals surface area contributed by atoms with E-state index in [-0.39, 0.29) is 12.5 Å². The average molecular weight is 272 g/mol. The summed E-state index contributed by atoms with van der Waals surface area (Å²) in [7, 11) is 0. The number of nitrogens with two attached hydrogens (primary N) is 1. The van der Waals surface area contributed by atoms with Gasteiger partial charge in [-0.2, -0.15) is 0 Å². The van der Waals surface area contributed by atoms with Gasteiger partial charge in [-0.25, -0.2) is 0 Å². The van der Waals surface area contributed by atoms with E-state index in [2.05, 4.69) is 26.6 Å². The Bertz CT molecular complexity index is 355. The fourth-order valence-corrected chi connectivity index (χ4v) is 1.48. The molecule has 0 aliphatic heterocycles. The SMILES string of the molecule is CCNC(=O)CNc1cc(Br)ccc1N. The van der Waals surface area contributed by atoms with Crippen molar-refractivity contribution in [3.05, 3.63) is 22.7 Å². The van der Waals surface area contributed by atoms with Gasteiger partial charge in [0.15, 0.2) is 0 Å². The van der Waals surface area contributed by atoms with E-state index in [1.165, 1.54) is 0 Å². The molecule has 4 N–H and O–H groups in total. The van der Waals surface area contributed by atoms with Crippen LogP contribution >= 0.6 is 15.9 Å². The number of anilines is 2. The summed E-state index contributed by atoms with van der Waals surface area (Å²) < 4.78 is 0.926. The van der Waals surface area contributed by atoms with Gasteiger partial charge >= 0.3 is 0 Å². The van der Waals surface area contributed by atoms with E-state index in [0.717, 1.165) is 10.2 Å². The molecule has 15 heavy (non-hydrogen) atoms. The van der Waals surface area contributed by atoms with Gasteiger partial charge in [-0.1, -0.05) is 15.9 Å². The quantitative estimate of drug-likeness (QED) is 0.729. The number of halogens is 1. The molecular weight excluding hydrogens is 258 g/mol. The Morgan fingerprint density at radius 2 is 2.27 bits per heavy atom. The number of nitrogen functional groups attached to an aromatic ring is 1. The van der Waals surface area contributed by atoms with Gasteiger partial charge in [-0.3, -0.25) is 4.79 Å². The molecule has 0 atom stereocenters. The van der Waals surface area contributed by atoms with Crippen molar-refractivity contribution in [3.63, 3.8) is 0 Å². The average Bonchev–Trinajstić information content (AvgIpc) is 2.20. The minimum atomic E-state index is -0.0446. The van der Waals surface area contributed by atoms with Gasteiger partial charge in [0.25, 0.3) is 0 Å². The molecular formula is C10H14BrN3O. The Kier molecular flexibility index (Phi) is 4.42. The molecule has 0 aliphatic carbocycles. The third kappa shape index (κ3) is 3.79. The number of hydrogen-bond donors (Lipinski definition) is 3. The first-order chi connectivity index (χ1) is 7.13. The van der Waals surface area contributed by atoms with Gasteiger partial charge in [0.05, 0.1) is 17.9 Å². The van der Waals surface area contributed by atoms with E-state index >= 15 is 0 Å².